The number of carboxylic acids is 1. The number of rotatable bonds is 1. The number of carbonyl (C=O) groups excluding carboxylic acids is 1. The lowest BCUT2D eigenvalue weighted by molar-refractivity contribution is -0.138. The van der Waals surface area contributed by atoms with Crippen molar-refractivity contribution in [3.8, 4) is 11.8 Å². The maximum Gasteiger partial charge on any atom is 0.417 e. The second-order valence-corrected chi connectivity index (χ2v) is 3.05. The predicted octanol–water partition coefficient (Wildman–Crippen LogP) is 2.09. The van der Waals surface area contributed by atoms with Crippen LogP contribution in [0.25, 0.3) is 0 Å². The van der Waals surface area contributed by atoms with E-state index in [1.165, 1.54) is 5.92 Å². The summed E-state index contributed by atoms with van der Waals surface area (Å²) in [6.45, 7) is 0. The molecule has 0 amide bonds. The van der Waals surface area contributed by atoms with E-state index in [-0.39, 0.29) is 6.29 Å². The van der Waals surface area contributed by atoms with Gasteiger partial charge < -0.3 is 5.11 Å². The van der Waals surface area contributed by atoms with Gasteiger partial charge in [0.2, 0.25) is 0 Å². The van der Waals surface area contributed by atoms with E-state index in [1.54, 1.807) is 5.92 Å². The Balaban J connectivity index is 3.61. The lowest BCUT2D eigenvalue weighted by Crippen LogP contribution is -2.11. The average Bonchev–Trinajstić information content (AvgIpc) is 2.24. The number of alkyl halides is 3. The molecular formula is C11H4F4O3. The summed E-state index contributed by atoms with van der Waals surface area (Å²) in [4.78, 5) is 20.7. The van der Waals surface area contributed by atoms with Crippen molar-refractivity contribution in [1.29, 1.82) is 0 Å². The van der Waals surface area contributed by atoms with Gasteiger partial charge in [-0.1, -0.05) is 5.92 Å². The van der Waals surface area contributed by atoms with Crippen LogP contribution in [-0.4, -0.2) is 17.4 Å². The molecule has 0 saturated carbocycles. The Labute approximate surface area is 98.0 Å². The predicted molar refractivity (Wildman–Crippen MR) is 51.3 cm³/mol. The Bertz CT molecular complexity index is 564. The van der Waals surface area contributed by atoms with Gasteiger partial charge in [-0.2, -0.15) is 13.2 Å². The summed E-state index contributed by atoms with van der Waals surface area (Å²) in [5, 5.41) is 8.26. The molecule has 0 fully saturated rings. The van der Waals surface area contributed by atoms with Crippen LogP contribution in [0.4, 0.5) is 17.6 Å². The van der Waals surface area contributed by atoms with Crippen LogP contribution in [-0.2, 0) is 11.0 Å². The molecule has 1 aromatic rings. The summed E-state index contributed by atoms with van der Waals surface area (Å²) in [6.07, 6.45) is -5.01. The van der Waals surface area contributed by atoms with Crippen molar-refractivity contribution in [3.05, 3.63) is 34.6 Å². The molecule has 3 nitrogen and oxygen atoms in total. The Kier molecular flexibility index (Phi) is 3.71. The van der Waals surface area contributed by atoms with Gasteiger partial charge in [0.1, 0.15) is 5.82 Å². The summed E-state index contributed by atoms with van der Waals surface area (Å²) < 4.78 is 50.8. The molecule has 0 aromatic heterocycles. The summed E-state index contributed by atoms with van der Waals surface area (Å²) in [7, 11) is 0. The third-order valence-electron chi connectivity index (χ3n) is 1.91. The molecule has 0 spiro atoms. The van der Waals surface area contributed by atoms with Crippen molar-refractivity contribution < 1.29 is 32.3 Å². The molecule has 0 bridgehead atoms. The first-order chi connectivity index (χ1) is 8.27. The van der Waals surface area contributed by atoms with Crippen molar-refractivity contribution in [2.24, 2.45) is 0 Å². The molecule has 0 aliphatic rings. The lowest BCUT2D eigenvalue weighted by atomic mass is 10.0. The molecule has 0 heterocycles. The first-order valence-corrected chi connectivity index (χ1v) is 4.37. The Morgan fingerprint density at radius 2 is 1.94 bits per heavy atom. The third-order valence-corrected chi connectivity index (χ3v) is 1.91. The fourth-order valence-electron chi connectivity index (χ4n) is 1.20. The van der Waals surface area contributed by atoms with Crippen LogP contribution in [0.2, 0.25) is 0 Å². The van der Waals surface area contributed by atoms with Crippen LogP contribution in [0.15, 0.2) is 12.1 Å². The van der Waals surface area contributed by atoms with Crippen LogP contribution >= 0.6 is 0 Å². The van der Waals surface area contributed by atoms with Crippen LogP contribution in [0.1, 0.15) is 21.5 Å². The maximum absolute atomic E-state index is 13.1. The quantitative estimate of drug-likeness (QED) is 0.478. The number of benzene rings is 1. The number of halogens is 4. The van der Waals surface area contributed by atoms with Gasteiger partial charge in [-0.05, 0) is 12.1 Å². The van der Waals surface area contributed by atoms with Gasteiger partial charge in [-0.15, -0.1) is 0 Å². The molecule has 0 unspecified atom stereocenters. The molecule has 1 N–H and O–H groups in total. The van der Waals surface area contributed by atoms with Crippen LogP contribution < -0.4 is 0 Å². The van der Waals surface area contributed by atoms with E-state index in [9.17, 15) is 27.2 Å². The van der Waals surface area contributed by atoms with Crippen molar-refractivity contribution in [3.63, 3.8) is 0 Å². The number of carboxylic acid groups (broad SMARTS) is 1. The summed E-state index contributed by atoms with van der Waals surface area (Å²) in [5.41, 5.74) is -3.27. The second kappa shape index (κ2) is 4.87. The van der Waals surface area contributed by atoms with E-state index in [0.29, 0.717) is 12.1 Å². The average molecular weight is 260 g/mol. The molecule has 7 heteroatoms. The highest BCUT2D eigenvalue weighted by atomic mass is 19.4. The highest BCUT2D eigenvalue weighted by Gasteiger charge is 2.34. The van der Waals surface area contributed by atoms with Crippen LogP contribution in [0.3, 0.4) is 0 Å². The number of aldehydes is 1. The van der Waals surface area contributed by atoms with Gasteiger partial charge >= 0.3 is 12.1 Å². The van der Waals surface area contributed by atoms with Gasteiger partial charge in [0, 0.05) is 5.92 Å². The van der Waals surface area contributed by atoms with Gasteiger partial charge in [-0.3, -0.25) is 4.79 Å². The van der Waals surface area contributed by atoms with Gasteiger partial charge in [0.25, 0.3) is 0 Å². The van der Waals surface area contributed by atoms with Crippen molar-refractivity contribution in [2.45, 2.75) is 6.18 Å². The summed E-state index contributed by atoms with van der Waals surface area (Å²) in [5.74, 6) is 0.164. The zero-order valence-corrected chi connectivity index (χ0v) is 8.51. The zero-order valence-electron chi connectivity index (χ0n) is 8.51. The zero-order chi connectivity index (χ0) is 13.9. The topological polar surface area (TPSA) is 54.4 Å². The number of hydrogen-bond acceptors (Lipinski definition) is 2. The van der Waals surface area contributed by atoms with E-state index in [2.05, 4.69) is 0 Å². The number of hydrogen-bond donors (Lipinski definition) is 1. The minimum atomic E-state index is -4.87. The largest absolute Gasteiger partial charge is 0.472 e. The monoisotopic (exact) mass is 260 g/mol. The van der Waals surface area contributed by atoms with Gasteiger partial charge in [0.05, 0.1) is 16.7 Å². The highest BCUT2D eigenvalue weighted by Crippen LogP contribution is 2.33. The van der Waals surface area contributed by atoms with E-state index >= 15 is 0 Å². The van der Waals surface area contributed by atoms with E-state index in [0.717, 1.165) is 0 Å². The fourth-order valence-corrected chi connectivity index (χ4v) is 1.20. The Morgan fingerprint density at radius 1 is 1.33 bits per heavy atom. The third kappa shape index (κ3) is 2.85. The molecule has 94 valence electrons. The first-order valence-electron chi connectivity index (χ1n) is 4.37. The molecule has 0 aliphatic heterocycles. The van der Waals surface area contributed by atoms with Crippen LogP contribution in [0, 0.1) is 17.7 Å². The molecule has 1 rings (SSSR count). The molecule has 0 saturated heterocycles. The molecule has 0 radical (unpaired) electrons. The highest BCUT2D eigenvalue weighted by molar-refractivity contribution is 5.89. The van der Waals surface area contributed by atoms with Crippen LogP contribution in [0.5, 0.6) is 0 Å². The van der Waals surface area contributed by atoms with E-state index in [4.69, 9.17) is 5.11 Å². The van der Waals surface area contributed by atoms with Gasteiger partial charge in [-0.25, -0.2) is 9.18 Å². The normalized spacial score (nSPS) is 10.4. The fraction of sp³-hybridized carbons (Fsp3) is 0.0909. The molecule has 0 atom stereocenters. The van der Waals surface area contributed by atoms with Gasteiger partial charge in [0.15, 0.2) is 6.29 Å². The second-order valence-electron chi connectivity index (χ2n) is 3.05. The number of aliphatic carboxylic acids is 1. The Hall–Kier alpha value is -2.36. The molecule has 0 aliphatic carbocycles. The molecular weight excluding hydrogens is 256 g/mol. The van der Waals surface area contributed by atoms with E-state index < -0.39 is 34.7 Å². The summed E-state index contributed by atoms with van der Waals surface area (Å²) >= 11 is 0. The summed E-state index contributed by atoms with van der Waals surface area (Å²) in [6, 6.07) is 0.868. The van der Waals surface area contributed by atoms with E-state index in [1.807, 2.05) is 0 Å². The van der Waals surface area contributed by atoms with Crippen molar-refractivity contribution in [1.82, 2.24) is 0 Å². The Morgan fingerprint density at radius 3 is 2.39 bits per heavy atom. The minimum Gasteiger partial charge on any atom is -0.472 e. The maximum atomic E-state index is 13.1. The first kappa shape index (κ1) is 13.7. The minimum absolute atomic E-state index is 0.142. The SMILES string of the molecule is O=Cc1c(F)ccc(C(F)(F)F)c1C#CC(=O)O. The lowest BCUT2D eigenvalue weighted by Gasteiger charge is -2.10. The van der Waals surface area contributed by atoms with Crippen molar-refractivity contribution >= 4 is 12.3 Å². The number of carbonyl (C=O) groups is 2. The van der Waals surface area contributed by atoms with Crippen molar-refractivity contribution in [2.75, 3.05) is 0 Å². The molecule has 18 heavy (non-hydrogen) atoms. The molecule has 1 aromatic carbocycles. The standard InChI is InChI=1S/C11H4F4O3/c12-9-3-2-8(11(13,14)15)6(7(9)5-16)1-4-10(17)18/h2-3,5H,(H,17,18). The smallest absolute Gasteiger partial charge is 0.417 e.